The summed E-state index contributed by atoms with van der Waals surface area (Å²) in [6.45, 7) is -1.34. The van der Waals surface area contributed by atoms with Crippen LogP contribution in [0.4, 0.5) is 0 Å². The van der Waals surface area contributed by atoms with Crippen LogP contribution in [0.15, 0.2) is 39.5 Å². The lowest BCUT2D eigenvalue weighted by atomic mass is 9.85. The minimum absolute atomic E-state index is 0.0767. The first-order valence-electron chi connectivity index (χ1n) is 12.3. The van der Waals surface area contributed by atoms with E-state index in [1.807, 2.05) is 0 Å². The third-order valence-corrected chi connectivity index (χ3v) is 7.31. The fourth-order valence-corrected chi connectivity index (χ4v) is 5.11. The van der Waals surface area contributed by atoms with Gasteiger partial charge in [0.1, 0.15) is 83.3 Å². The summed E-state index contributed by atoms with van der Waals surface area (Å²) in [4.78, 5) is 13.4. The minimum Gasteiger partial charge on any atom is -0.508 e. The van der Waals surface area contributed by atoms with Crippen molar-refractivity contribution in [1.82, 2.24) is 0 Å². The number of phenols is 3. The summed E-state index contributed by atoms with van der Waals surface area (Å²) in [6, 6.07) is 6.47. The Morgan fingerprint density at radius 1 is 0.775 bits per heavy atom. The van der Waals surface area contributed by atoms with Gasteiger partial charge in [0.25, 0.3) is 0 Å². The van der Waals surface area contributed by atoms with Crippen molar-refractivity contribution in [2.45, 2.75) is 54.9 Å². The largest absolute Gasteiger partial charge is 0.508 e. The molecule has 14 nitrogen and oxygen atoms in total. The predicted molar refractivity (Wildman–Crippen MR) is 132 cm³/mol. The number of fused-ring (bicyclic) bond motifs is 1. The Bertz CT molecular complexity index is 1450. The maximum atomic E-state index is 13.4. The first-order chi connectivity index (χ1) is 19.0. The second-order valence-corrected chi connectivity index (χ2v) is 9.80. The molecule has 14 heteroatoms. The van der Waals surface area contributed by atoms with Crippen LogP contribution in [0, 0.1) is 0 Å². The zero-order chi connectivity index (χ0) is 29.0. The van der Waals surface area contributed by atoms with Gasteiger partial charge in [0.05, 0.1) is 24.3 Å². The Hall–Kier alpha value is -3.31. The molecule has 2 aromatic carbocycles. The number of benzene rings is 2. The van der Waals surface area contributed by atoms with Gasteiger partial charge in [0.2, 0.25) is 0 Å². The summed E-state index contributed by atoms with van der Waals surface area (Å²) >= 11 is 0. The zero-order valence-corrected chi connectivity index (χ0v) is 20.6. The van der Waals surface area contributed by atoms with E-state index < -0.39 is 107 Å². The van der Waals surface area contributed by atoms with Gasteiger partial charge >= 0.3 is 0 Å². The average Bonchev–Trinajstić information content (AvgIpc) is 2.92. The lowest BCUT2D eigenvalue weighted by molar-refractivity contribution is -0.231. The van der Waals surface area contributed by atoms with E-state index in [0.29, 0.717) is 5.56 Å². The second kappa shape index (κ2) is 10.6. The van der Waals surface area contributed by atoms with E-state index in [9.17, 15) is 55.9 Å². The van der Waals surface area contributed by atoms with Gasteiger partial charge in [0.15, 0.2) is 11.0 Å². The number of aromatic hydroxyl groups is 3. The smallest absolute Gasteiger partial charge is 0.197 e. The minimum atomic E-state index is -1.96. The summed E-state index contributed by atoms with van der Waals surface area (Å²) in [5.74, 6) is -2.00. The van der Waals surface area contributed by atoms with Crippen molar-refractivity contribution in [2.75, 3.05) is 13.2 Å². The number of aliphatic hydroxyl groups is 7. The molecular weight excluding hydrogens is 536 g/mol. The Kier molecular flexibility index (Phi) is 7.47. The van der Waals surface area contributed by atoms with Gasteiger partial charge in [0, 0.05) is 11.6 Å². The van der Waals surface area contributed by atoms with Gasteiger partial charge in [-0.25, -0.2) is 0 Å². The molecule has 2 aliphatic heterocycles. The van der Waals surface area contributed by atoms with E-state index in [1.165, 1.54) is 24.3 Å². The molecule has 0 radical (unpaired) electrons. The molecule has 3 aromatic rings. The summed E-state index contributed by atoms with van der Waals surface area (Å²) in [5.41, 5.74) is -2.19. The lowest BCUT2D eigenvalue weighted by Gasteiger charge is -2.41. The predicted octanol–water partition coefficient (Wildman–Crippen LogP) is -1.75. The molecule has 2 saturated heterocycles. The SMILES string of the molecule is O=c1cc(-c2ccc(O)cc2)oc2c([C@@H]3OC(CO)[C@H](O)[C@H](O)C3O)c(O)c([C@@H]3OC[C@@H](O)[C@H](O)C3O)c(O)c12. The maximum Gasteiger partial charge on any atom is 0.197 e. The van der Waals surface area contributed by atoms with E-state index in [4.69, 9.17) is 13.9 Å². The fourth-order valence-electron chi connectivity index (χ4n) is 5.11. The summed E-state index contributed by atoms with van der Waals surface area (Å²) in [5, 5.41) is 104. The van der Waals surface area contributed by atoms with Crippen LogP contribution in [0.25, 0.3) is 22.3 Å². The van der Waals surface area contributed by atoms with E-state index in [0.717, 1.165) is 6.07 Å². The van der Waals surface area contributed by atoms with Crippen molar-refractivity contribution < 1.29 is 65.0 Å². The molecule has 0 bridgehead atoms. The van der Waals surface area contributed by atoms with Crippen LogP contribution in [0.2, 0.25) is 0 Å². The number of phenolic OH excluding ortho intramolecular Hbond substituents is 3. The highest BCUT2D eigenvalue weighted by Crippen LogP contribution is 2.50. The van der Waals surface area contributed by atoms with Gasteiger partial charge in [-0.3, -0.25) is 4.79 Å². The number of hydrogen-bond donors (Lipinski definition) is 10. The van der Waals surface area contributed by atoms with Crippen LogP contribution in [0.5, 0.6) is 17.2 Å². The topological polar surface area (TPSA) is 251 Å². The molecule has 1 aromatic heterocycles. The zero-order valence-electron chi connectivity index (χ0n) is 20.6. The molecule has 3 heterocycles. The van der Waals surface area contributed by atoms with Gasteiger partial charge in [-0.1, -0.05) is 0 Å². The third kappa shape index (κ3) is 4.49. The molecule has 5 rings (SSSR count). The van der Waals surface area contributed by atoms with Crippen molar-refractivity contribution >= 4 is 11.0 Å². The number of rotatable bonds is 4. The average molecular weight is 564 g/mol. The van der Waals surface area contributed by atoms with E-state index in [2.05, 4.69) is 0 Å². The third-order valence-electron chi connectivity index (χ3n) is 7.31. The fraction of sp³-hybridized carbons (Fsp3) is 0.423. The number of aliphatic hydroxyl groups excluding tert-OH is 7. The quantitative estimate of drug-likeness (QED) is 0.169. The molecule has 0 aliphatic carbocycles. The molecule has 2 aliphatic rings. The molecule has 216 valence electrons. The van der Waals surface area contributed by atoms with Gasteiger partial charge in [-0.2, -0.15) is 0 Å². The van der Waals surface area contributed by atoms with Crippen molar-refractivity contribution in [3.63, 3.8) is 0 Å². The summed E-state index contributed by atoms with van der Waals surface area (Å²) in [7, 11) is 0. The first kappa shape index (κ1) is 28.2. The van der Waals surface area contributed by atoms with Crippen molar-refractivity contribution in [1.29, 1.82) is 0 Å². The highest BCUT2D eigenvalue weighted by atomic mass is 16.5. The van der Waals surface area contributed by atoms with E-state index in [-0.39, 0.29) is 11.5 Å². The van der Waals surface area contributed by atoms with Crippen LogP contribution in [-0.2, 0) is 9.47 Å². The van der Waals surface area contributed by atoms with Crippen LogP contribution in [0.3, 0.4) is 0 Å². The lowest BCUT2D eigenvalue weighted by Crippen LogP contribution is -2.55. The molecule has 0 spiro atoms. The highest BCUT2D eigenvalue weighted by molar-refractivity contribution is 5.92. The maximum absolute atomic E-state index is 13.4. The molecule has 0 saturated carbocycles. The highest BCUT2D eigenvalue weighted by Gasteiger charge is 2.48. The van der Waals surface area contributed by atoms with Crippen molar-refractivity contribution in [3.8, 4) is 28.6 Å². The molecular formula is C26H28O14. The Morgan fingerprint density at radius 2 is 1.43 bits per heavy atom. The summed E-state index contributed by atoms with van der Waals surface area (Å²) in [6.07, 6.45) is -15.7. The van der Waals surface area contributed by atoms with Crippen molar-refractivity contribution in [3.05, 3.63) is 51.7 Å². The molecule has 40 heavy (non-hydrogen) atoms. The van der Waals surface area contributed by atoms with Crippen LogP contribution >= 0.6 is 0 Å². The Morgan fingerprint density at radius 3 is 2.08 bits per heavy atom. The molecule has 9 atom stereocenters. The van der Waals surface area contributed by atoms with Crippen LogP contribution < -0.4 is 5.43 Å². The van der Waals surface area contributed by atoms with Gasteiger partial charge in [-0.05, 0) is 24.3 Å². The van der Waals surface area contributed by atoms with Gasteiger partial charge < -0.3 is 65.0 Å². The van der Waals surface area contributed by atoms with E-state index in [1.54, 1.807) is 0 Å². The Labute approximate surface area is 224 Å². The van der Waals surface area contributed by atoms with Crippen LogP contribution in [0.1, 0.15) is 23.3 Å². The number of hydrogen-bond acceptors (Lipinski definition) is 14. The standard InChI is InChI=1S/C26H28O14/c27-6-13-18(32)21(35)23(37)26(40-13)16-20(34)15(25-22(36)17(31)11(30)7-38-25)19(33)14-10(29)5-12(39-24(14)16)8-1-3-9(28)4-2-8/h1-5,11,13,17-18,21-23,25-28,30-37H,6-7H2/t11-,13?,17+,18+,21+,22?,23?,25+,26+/m1/s1. The first-order valence-corrected chi connectivity index (χ1v) is 12.3. The monoisotopic (exact) mass is 564 g/mol. The van der Waals surface area contributed by atoms with Crippen molar-refractivity contribution in [2.24, 2.45) is 0 Å². The molecule has 3 unspecified atom stereocenters. The second-order valence-electron chi connectivity index (χ2n) is 9.80. The Balaban J connectivity index is 1.81. The van der Waals surface area contributed by atoms with Crippen LogP contribution in [-0.4, -0.2) is 107 Å². The summed E-state index contributed by atoms with van der Waals surface area (Å²) < 4.78 is 16.9. The number of ether oxygens (including phenoxy) is 2. The van der Waals surface area contributed by atoms with E-state index >= 15 is 0 Å². The normalized spacial score (nSPS) is 32.8. The van der Waals surface area contributed by atoms with Gasteiger partial charge in [-0.15, -0.1) is 0 Å². The molecule has 10 N–H and O–H groups in total. The molecule has 2 fully saturated rings. The molecule has 0 amide bonds.